The lowest BCUT2D eigenvalue weighted by molar-refractivity contribution is -0.200. The minimum absolute atomic E-state index is 0.0228. The highest BCUT2D eigenvalue weighted by Gasteiger charge is 2.36. The van der Waals surface area contributed by atoms with E-state index in [1.54, 1.807) is 5.06 Å². The summed E-state index contributed by atoms with van der Waals surface area (Å²) in [6.07, 6.45) is 1.57. The van der Waals surface area contributed by atoms with E-state index < -0.39 is 5.41 Å². The summed E-state index contributed by atoms with van der Waals surface area (Å²) >= 11 is 0. The van der Waals surface area contributed by atoms with Gasteiger partial charge in [0.15, 0.2) is 5.78 Å². The summed E-state index contributed by atoms with van der Waals surface area (Å²) in [7, 11) is 0. The van der Waals surface area contributed by atoms with Crippen LogP contribution in [0.3, 0.4) is 0 Å². The fraction of sp³-hybridized carbons (Fsp3) is 0.600. The predicted octanol–water partition coefficient (Wildman–Crippen LogP) is 4.14. The molecular formula is C20H29NO3. The molecule has 1 aliphatic heterocycles. The van der Waals surface area contributed by atoms with Crippen molar-refractivity contribution >= 4 is 11.8 Å². The van der Waals surface area contributed by atoms with Crippen molar-refractivity contribution < 1.29 is 14.4 Å². The number of ketones is 1. The monoisotopic (exact) mass is 331 g/mol. The second-order valence-corrected chi connectivity index (χ2v) is 8.62. The zero-order chi connectivity index (χ0) is 18.1. The van der Waals surface area contributed by atoms with Crippen LogP contribution in [0.2, 0.25) is 0 Å². The second kappa shape index (κ2) is 6.67. The van der Waals surface area contributed by atoms with Crippen molar-refractivity contribution in [3.8, 4) is 0 Å². The Balaban J connectivity index is 2.12. The van der Waals surface area contributed by atoms with Crippen molar-refractivity contribution in [3.05, 3.63) is 35.4 Å². The molecular weight excluding hydrogens is 302 g/mol. The zero-order valence-electron chi connectivity index (χ0n) is 15.7. The Hall–Kier alpha value is -1.68. The van der Waals surface area contributed by atoms with E-state index in [0.717, 1.165) is 12.8 Å². The van der Waals surface area contributed by atoms with Gasteiger partial charge < -0.3 is 4.84 Å². The van der Waals surface area contributed by atoms with Crippen molar-refractivity contribution in [2.45, 2.75) is 65.8 Å². The quantitative estimate of drug-likeness (QED) is 0.781. The number of benzene rings is 1. The molecule has 24 heavy (non-hydrogen) atoms. The highest BCUT2D eigenvalue weighted by Crippen LogP contribution is 2.26. The van der Waals surface area contributed by atoms with Gasteiger partial charge in [0.05, 0.1) is 5.41 Å². The molecule has 0 saturated carbocycles. The summed E-state index contributed by atoms with van der Waals surface area (Å²) in [5, 5.41) is 1.56. The Morgan fingerprint density at radius 2 is 1.62 bits per heavy atom. The van der Waals surface area contributed by atoms with Gasteiger partial charge in [0.1, 0.15) is 6.04 Å². The lowest BCUT2D eigenvalue weighted by Gasteiger charge is -2.26. The van der Waals surface area contributed by atoms with Gasteiger partial charge in [-0.2, -0.15) is 0 Å². The fourth-order valence-electron chi connectivity index (χ4n) is 2.68. The van der Waals surface area contributed by atoms with Crippen LogP contribution in [0.5, 0.6) is 0 Å². The average Bonchev–Trinajstić information content (AvgIpc) is 2.93. The molecule has 132 valence electrons. The summed E-state index contributed by atoms with van der Waals surface area (Å²) in [6.45, 7) is 12.5. The molecule has 0 unspecified atom stereocenters. The molecule has 0 bridgehead atoms. The lowest BCUT2D eigenvalue weighted by atomic mass is 9.86. The molecule has 1 atom stereocenters. The van der Waals surface area contributed by atoms with Crippen LogP contribution in [0.1, 0.15) is 70.3 Å². The largest absolute Gasteiger partial charge is 0.367 e. The molecule has 1 saturated heterocycles. The summed E-state index contributed by atoms with van der Waals surface area (Å²) in [6, 6.07) is 7.40. The summed E-state index contributed by atoms with van der Waals surface area (Å²) in [4.78, 5) is 30.4. The third-order valence-corrected chi connectivity index (χ3v) is 4.35. The van der Waals surface area contributed by atoms with Crippen molar-refractivity contribution in [1.82, 2.24) is 5.06 Å². The lowest BCUT2D eigenvalue weighted by Crippen LogP contribution is -2.40. The van der Waals surface area contributed by atoms with Crippen LogP contribution >= 0.6 is 0 Å². The van der Waals surface area contributed by atoms with Crippen LogP contribution in [0.4, 0.5) is 0 Å². The van der Waals surface area contributed by atoms with E-state index in [9.17, 15) is 9.59 Å². The molecule has 0 aliphatic carbocycles. The number of Topliss-reactive ketones (excluding diaryl/α,β-unsaturated/α-hetero) is 1. The van der Waals surface area contributed by atoms with E-state index in [-0.39, 0.29) is 23.2 Å². The van der Waals surface area contributed by atoms with Crippen LogP contribution in [0.25, 0.3) is 0 Å². The molecule has 1 aliphatic rings. The minimum Gasteiger partial charge on any atom is -0.367 e. The highest BCUT2D eigenvalue weighted by molar-refractivity contribution is 6.00. The number of hydroxylamine groups is 2. The van der Waals surface area contributed by atoms with E-state index in [0.29, 0.717) is 12.1 Å². The van der Waals surface area contributed by atoms with Gasteiger partial charge >= 0.3 is 5.97 Å². The Labute approximate surface area is 145 Å². The molecule has 4 heteroatoms. The van der Waals surface area contributed by atoms with Crippen LogP contribution in [0, 0.1) is 5.41 Å². The van der Waals surface area contributed by atoms with Gasteiger partial charge in [0, 0.05) is 12.1 Å². The number of nitrogens with zero attached hydrogens (tertiary/aromatic N) is 1. The molecule has 0 radical (unpaired) electrons. The van der Waals surface area contributed by atoms with Gasteiger partial charge in [-0.1, -0.05) is 45.0 Å². The summed E-state index contributed by atoms with van der Waals surface area (Å²) in [5.41, 5.74) is 1.35. The van der Waals surface area contributed by atoms with Gasteiger partial charge in [-0.05, 0) is 44.6 Å². The van der Waals surface area contributed by atoms with E-state index in [4.69, 9.17) is 4.84 Å². The van der Waals surface area contributed by atoms with Crippen molar-refractivity contribution in [1.29, 1.82) is 0 Å². The molecule has 1 heterocycles. The maximum atomic E-state index is 12.8. The standard InChI is InChI=1S/C20H29NO3/c1-19(2,3)15-11-9-14(10-12-15)17(22)16-8-7-13-21(16)24-18(23)20(4,5)6/h9-12,16H,7-8,13H2,1-6H3/t16-/m0/s1. The van der Waals surface area contributed by atoms with E-state index in [2.05, 4.69) is 20.8 Å². The van der Waals surface area contributed by atoms with E-state index in [1.807, 2.05) is 45.0 Å². The molecule has 0 N–H and O–H groups in total. The molecule has 1 aromatic carbocycles. The van der Waals surface area contributed by atoms with Crippen molar-refractivity contribution in [2.24, 2.45) is 5.41 Å². The van der Waals surface area contributed by atoms with Crippen LogP contribution in [0.15, 0.2) is 24.3 Å². The van der Waals surface area contributed by atoms with Crippen molar-refractivity contribution in [3.63, 3.8) is 0 Å². The van der Waals surface area contributed by atoms with Gasteiger partial charge in [0.25, 0.3) is 0 Å². The third kappa shape index (κ3) is 4.23. The molecule has 2 rings (SSSR count). The minimum atomic E-state index is -0.579. The van der Waals surface area contributed by atoms with E-state index >= 15 is 0 Å². The fourth-order valence-corrected chi connectivity index (χ4v) is 2.68. The van der Waals surface area contributed by atoms with Crippen molar-refractivity contribution in [2.75, 3.05) is 6.54 Å². The highest BCUT2D eigenvalue weighted by atomic mass is 16.7. The predicted molar refractivity (Wildman–Crippen MR) is 94.7 cm³/mol. The first-order valence-electron chi connectivity index (χ1n) is 8.64. The Morgan fingerprint density at radius 3 is 2.12 bits per heavy atom. The molecule has 0 spiro atoms. The Bertz CT molecular complexity index is 605. The number of rotatable bonds is 3. The molecule has 0 aromatic heterocycles. The third-order valence-electron chi connectivity index (χ3n) is 4.35. The van der Waals surface area contributed by atoms with Crippen LogP contribution in [-0.4, -0.2) is 29.4 Å². The SMILES string of the molecule is CC(C)(C)C(=O)ON1CCC[C@H]1C(=O)c1ccc(C(C)(C)C)cc1. The Morgan fingerprint density at radius 1 is 1.04 bits per heavy atom. The smallest absolute Gasteiger partial charge is 0.330 e. The van der Waals surface area contributed by atoms with Gasteiger partial charge in [-0.3, -0.25) is 4.79 Å². The maximum absolute atomic E-state index is 12.8. The molecule has 4 nitrogen and oxygen atoms in total. The average molecular weight is 331 g/mol. The Kier molecular flexibility index (Phi) is 5.19. The van der Waals surface area contributed by atoms with Gasteiger partial charge in [0.2, 0.25) is 0 Å². The maximum Gasteiger partial charge on any atom is 0.330 e. The second-order valence-electron chi connectivity index (χ2n) is 8.62. The summed E-state index contributed by atoms with van der Waals surface area (Å²) < 4.78 is 0. The molecule has 1 fully saturated rings. The first-order chi connectivity index (χ1) is 11.0. The first-order valence-corrected chi connectivity index (χ1v) is 8.64. The first kappa shape index (κ1) is 18.7. The molecule has 0 amide bonds. The number of carbonyl (C=O) groups excluding carboxylic acids is 2. The van der Waals surface area contributed by atoms with Gasteiger partial charge in [-0.15, -0.1) is 5.06 Å². The summed E-state index contributed by atoms with van der Waals surface area (Å²) in [5.74, 6) is -0.278. The number of hydrogen-bond donors (Lipinski definition) is 0. The van der Waals surface area contributed by atoms with Gasteiger partial charge in [-0.25, -0.2) is 4.79 Å². The number of carbonyl (C=O) groups is 2. The van der Waals surface area contributed by atoms with Crippen LogP contribution in [-0.2, 0) is 15.0 Å². The zero-order valence-corrected chi connectivity index (χ0v) is 15.7. The van der Waals surface area contributed by atoms with E-state index in [1.165, 1.54) is 5.56 Å². The van der Waals surface area contributed by atoms with Crippen LogP contribution < -0.4 is 0 Å². The number of hydrogen-bond acceptors (Lipinski definition) is 4. The topological polar surface area (TPSA) is 46.6 Å². The molecule has 1 aromatic rings. The normalized spacial score (nSPS) is 19.3.